The molecule has 1 aromatic carbocycles. The van der Waals surface area contributed by atoms with Gasteiger partial charge in [-0.25, -0.2) is 19.0 Å². The summed E-state index contributed by atoms with van der Waals surface area (Å²) in [5.41, 5.74) is 1.42. The Morgan fingerprint density at radius 2 is 1.83 bits per heavy atom. The summed E-state index contributed by atoms with van der Waals surface area (Å²) in [6, 6.07) is 7.17. The molecule has 7 heteroatoms. The first-order valence-corrected chi connectivity index (χ1v) is 7.13. The smallest absolute Gasteiger partial charge is 0.339 e. The van der Waals surface area contributed by atoms with Crippen molar-refractivity contribution < 1.29 is 23.5 Å². The van der Waals surface area contributed by atoms with Gasteiger partial charge in [0.2, 0.25) is 0 Å². The second-order valence-electron chi connectivity index (χ2n) is 4.97. The standard InChI is InChI=1S/C17H17FN2O4/c1-10-13(17(22)24-3)5-7-15(20-10)19-9-12-8-11(16(21)23-2)4-6-14(12)18/h4-8H,9H2,1-3H3,(H,19,20). The first kappa shape index (κ1) is 17.4. The van der Waals surface area contributed by atoms with Crippen molar-refractivity contribution in [1.82, 2.24) is 4.98 Å². The summed E-state index contributed by atoms with van der Waals surface area (Å²) in [5, 5.41) is 2.96. The van der Waals surface area contributed by atoms with Crippen LogP contribution >= 0.6 is 0 Å². The molecule has 126 valence electrons. The highest BCUT2D eigenvalue weighted by molar-refractivity contribution is 5.90. The summed E-state index contributed by atoms with van der Waals surface area (Å²) in [7, 11) is 2.56. The number of hydrogen-bond donors (Lipinski definition) is 1. The van der Waals surface area contributed by atoms with Crippen molar-refractivity contribution in [3.63, 3.8) is 0 Å². The van der Waals surface area contributed by atoms with Crippen molar-refractivity contribution in [1.29, 1.82) is 0 Å². The SMILES string of the molecule is COC(=O)c1ccc(F)c(CNc2ccc(C(=O)OC)c(C)n2)c1. The molecule has 0 spiro atoms. The lowest BCUT2D eigenvalue weighted by atomic mass is 10.1. The number of carbonyl (C=O) groups is 2. The molecule has 1 aromatic heterocycles. The molecule has 24 heavy (non-hydrogen) atoms. The molecular weight excluding hydrogens is 315 g/mol. The van der Waals surface area contributed by atoms with Crippen LogP contribution in [0.1, 0.15) is 32.0 Å². The van der Waals surface area contributed by atoms with Crippen LogP contribution in [0.4, 0.5) is 10.2 Å². The minimum atomic E-state index is -0.535. The van der Waals surface area contributed by atoms with E-state index in [-0.39, 0.29) is 12.1 Å². The summed E-state index contributed by atoms with van der Waals surface area (Å²) >= 11 is 0. The van der Waals surface area contributed by atoms with Crippen LogP contribution in [0.15, 0.2) is 30.3 Å². The van der Waals surface area contributed by atoms with Gasteiger partial charge in [0.25, 0.3) is 0 Å². The zero-order valence-corrected chi connectivity index (χ0v) is 13.6. The van der Waals surface area contributed by atoms with Crippen molar-refractivity contribution in [2.45, 2.75) is 13.5 Å². The summed E-state index contributed by atoms with van der Waals surface area (Å²) in [5.74, 6) is -0.975. The Balaban J connectivity index is 2.15. The largest absolute Gasteiger partial charge is 0.465 e. The lowest BCUT2D eigenvalue weighted by Gasteiger charge is -2.10. The number of anilines is 1. The van der Waals surface area contributed by atoms with Crippen LogP contribution in [0, 0.1) is 12.7 Å². The fourth-order valence-electron chi connectivity index (χ4n) is 2.13. The van der Waals surface area contributed by atoms with Crippen LogP contribution in [-0.2, 0) is 16.0 Å². The zero-order valence-electron chi connectivity index (χ0n) is 13.6. The van der Waals surface area contributed by atoms with Gasteiger partial charge < -0.3 is 14.8 Å². The molecule has 0 aliphatic rings. The number of esters is 2. The number of carbonyl (C=O) groups excluding carboxylic acids is 2. The molecule has 0 saturated heterocycles. The third-order valence-corrected chi connectivity index (χ3v) is 3.42. The molecule has 0 atom stereocenters. The maximum Gasteiger partial charge on any atom is 0.339 e. The van der Waals surface area contributed by atoms with E-state index in [9.17, 15) is 14.0 Å². The van der Waals surface area contributed by atoms with Gasteiger partial charge in [-0.05, 0) is 37.3 Å². The highest BCUT2D eigenvalue weighted by atomic mass is 19.1. The Bertz CT molecular complexity index is 777. The third kappa shape index (κ3) is 3.87. The predicted octanol–water partition coefficient (Wildman–Crippen LogP) is 2.71. The van der Waals surface area contributed by atoms with Gasteiger partial charge in [-0.2, -0.15) is 0 Å². The predicted molar refractivity (Wildman–Crippen MR) is 85.4 cm³/mol. The van der Waals surface area contributed by atoms with Crippen LogP contribution in [0.5, 0.6) is 0 Å². The molecule has 1 N–H and O–H groups in total. The fraction of sp³-hybridized carbons (Fsp3) is 0.235. The highest BCUT2D eigenvalue weighted by Crippen LogP contribution is 2.15. The van der Waals surface area contributed by atoms with Crippen molar-refractivity contribution in [2.75, 3.05) is 19.5 Å². The fourth-order valence-corrected chi connectivity index (χ4v) is 2.13. The van der Waals surface area contributed by atoms with E-state index in [1.54, 1.807) is 19.1 Å². The average molecular weight is 332 g/mol. The third-order valence-electron chi connectivity index (χ3n) is 3.42. The lowest BCUT2D eigenvalue weighted by molar-refractivity contribution is 0.0591. The number of rotatable bonds is 5. The molecule has 0 fully saturated rings. The zero-order chi connectivity index (χ0) is 17.7. The van der Waals surface area contributed by atoms with Gasteiger partial charge in [-0.3, -0.25) is 0 Å². The van der Waals surface area contributed by atoms with Crippen LogP contribution in [0.25, 0.3) is 0 Å². The number of halogens is 1. The molecule has 0 unspecified atom stereocenters. The van der Waals surface area contributed by atoms with Crippen LogP contribution in [0.3, 0.4) is 0 Å². The number of nitrogens with zero attached hydrogens (tertiary/aromatic N) is 1. The van der Waals surface area contributed by atoms with Crippen molar-refractivity contribution in [3.05, 3.63) is 58.5 Å². The molecule has 0 aliphatic carbocycles. The average Bonchev–Trinajstić information content (AvgIpc) is 2.59. The maximum atomic E-state index is 13.9. The molecule has 2 aromatic rings. The van der Waals surface area contributed by atoms with Crippen molar-refractivity contribution >= 4 is 17.8 Å². The van der Waals surface area contributed by atoms with E-state index in [0.29, 0.717) is 22.6 Å². The topological polar surface area (TPSA) is 77.5 Å². The Labute approximate surface area is 138 Å². The van der Waals surface area contributed by atoms with Crippen molar-refractivity contribution in [2.24, 2.45) is 0 Å². The van der Waals surface area contributed by atoms with E-state index in [1.165, 1.54) is 32.4 Å². The Morgan fingerprint density at radius 3 is 2.46 bits per heavy atom. The number of ether oxygens (including phenoxy) is 2. The summed E-state index contributed by atoms with van der Waals surface area (Å²) in [4.78, 5) is 27.3. The van der Waals surface area contributed by atoms with E-state index < -0.39 is 17.8 Å². The number of hydrogen-bond acceptors (Lipinski definition) is 6. The molecule has 1 heterocycles. The number of aromatic nitrogens is 1. The van der Waals surface area contributed by atoms with Crippen LogP contribution in [0.2, 0.25) is 0 Å². The Morgan fingerprint density at radius 1 is 1.12 bits per heavy atom. The van der Waals surface area contributed by atoms with E-state index in [1.807, 2.05) is 0 Å². The minimum absolute atomic E-state index is 0.126. The van der Waals surface area contributed by atoms with Gasteiger partial charge in [0.15, 0.2) is 0 Å². The number of benzene rings is 1. The van der Waals surface area contributed by atoms with Gasteiger partial charge in [-0.15, -0.1) is 0 Å². The summed E-state index contributed by atoms with van der Waals surface area (Å²) in [6.07, 6.45) is 0. The minimum Gasteiger partial charge on any atom is -0.465 e. The second kappa shape index (κ2) is 7.54. The number of nitrogens with one attached hydrogen (secondary N) is 1. The quantitative estimate of drug-likeness (QED) is 0.848. The van der Waals surface area contributed by atoms with Gasteiger partial charge in [0.1, 0.15) is 11.6 Å². The number of methoxy groups -OCH3 is 2. The van der Waals surface area contributed by atoms with Gasteiger partial charge in [-0.1, -0.05) is 0 Å². The summed E-state index contributed by atoms with van der Waals surface area (Å²) < 4.78 is 23.1. The second-order valence-corrected chi connectivity index (χ2v) is 4.97. The van der Waals surface area contributed by atoms with Crippen molar-refractivity contribution in [3.8, 4) is 0 Å². The van der Waals surface area contributed by atoms with Gasteiger partial charge in [0, 0.05) is 12.1 Å². The number of pyridine rings is 1. The lowest BCUT2D eigenvalue weighted by Crippen LogP contribution is -2.09. The monoisotopic (exact) mass is 332 g/mol. The van der Waals surface area contributed by atoms with Gasteiger partial charge >= 0.3 is 11.9 Å². The van der Waals surface area contributed by atoms with E-state index in [2.05, 4.69) is 19.8 Å². The highest BCUT2D eigenvalue weighted by Gasteiger charge is 2.12. The molecule has 0 bridgehead atoms. The van der Waals surface area contributed by atoms with Gasteiger partial charge in [0.05, 0.1) is 31.0 Å². The van der Waals surface area contributed by atoms with E-state index >= 15 is 0 Å². The Kier molecular flexibility index (Phi) is 5.47. The molecule has 0 radical (unpaired) electrons. The van der Waals surface area contributed by atoms with E-state index in [0.717, 1.165) is 0 Å². The van der Waals surface area contributed by atoms with Crippen LogP contribution in [-0.4, -0.2) is 31.1 Å². The summed E-state index contributed by atoms with van der Waals surface area (Å²) in [6.45, 7) is 1.80. The molecule has 2 rings (SSSR count). The Hall–Kier alpha value is -2.96. The van der Waals surface area contributed by atoms with E-state index in [4.69, 9.17) is 0 Å². The van der Waals surface area contributed by atoms with Crippen LogP contribution < -0.4 is 5.32 Å². The molecule has 0 saturated carbocycles. The first-order valence-electron chi connectivity index (χ1n) is 7.13. The molecule has 6 nitrogen and oxygen atoms in total. The normalized spacial score (nSPS) is 10.2. The molecule has 0 amide bonds. The first-order chi connectivity index (χ1) is 11.5. The maximum absolute atomic E-state index is 13.9. The molecular formula is C17H17FN2O4. The molecule has 0 aliphatic heterocycles. The number of aryl methyl sites for hydroxylation is 1.